The Morgan fingerprint density at radius 3 is 2.53 bits per heavy atom. The van der Waals surface area contributed by atoms with Gasteiger partial charge in [-0.1, -0.05) is 41.4 Å². The zero-order valence-electron chi connectivity index (χ0n) is 10.1. The summed E-state index contributed by atoms with van der Waals surface area (Å²) >= 11 is 12.0. The molecule has 2 aromatic carbocycles. The van der Waals surface area contributed by atoms with Gasteiger partial charge in [0, 0.05) is 16.0 Å². The number of benzene rings is 2. The van der Waals surface area contributed by atoms with Crippen molar-refractivity contribution in [2.45, 2.75) is 12.3 Å². The molecule has 0 saturated heterocycles. The summed E-state index contributed by atoms with van der Waals surface area (Å²) < 4.78 is 13.2. The normalized spacial score (nSPS) is 12.4. The first-order valence-electron chi connectivity index (χ1n) is 5.90. The van der Waals surface area contributed by atoms with E-state index in [9.17, 15) is 9.50 Å². The molecule has 0 saturated carbocycles. The molecule has 0 fully saturated rings. The third-order valence-corrected chi connectivity index (χ3v) is 3.61. The SMILES string of the molecule is OCC(Cc1ccc(Cl)cc1Cl)c1cccc(F)c1. The average molecular weight is 299 g/mol. The summed E-state index contributed by atoms with van der Waals surface area (Å²) in [4.78, 5) is 0. The fourth-order valence-corrected chi connectivity index (χ4v) is 2.49. The second kappa shape index (κ2) is 6.38. The van der Waals surface area contributed by atoms with Crippen molar-refractivity contribution in [2.75, 3.05) is 6.61 Å². The molecular weight excluding hydrogens is 286 g/mol. The zero-order valence-corrected chi connectivity index (χ0v) is 11.6. The highest BCUT2D eigenvalue weighted by molar-refractivity contribution is 6.35. The first-order chi connectivity index (χ1) is 9.10. The molecule has 0 spiro atoms. The topological polar surface area (TPSA) is 20.2 Å². The van der Waals surface area contributed by atoms with E-state index in [1.165, 1.54) is 12.1 Å². The molecule has 0 amide bonds. The van der Waals surface area contributed by atoms with Crippen LogP contribution in [0.15, 0.2) is 42.5 Å². The van der Waals surface area contributed by atoms with E-state index in [0.717, 1.165) is 11.1 Å². The molecule has 1 N–H and O–H groups in total. The number of halogens is 3. The molecule has 1 atom stereocenters. The van der Waals surface area contributed by atoms with E-state index >= 15 is 0 Å². The molecule has 0 bridgehead atoms. The van der Waals surface area contributed by atoms with E-state index in [-0.39, 0.29) is 18.3 Å². The third kappa shape index (κ3) is 3.69. The molecule has 100 valence electrons. The zero-order chi connectivity index (χ0) is 13.8. The maximum absolute atomic E-state index is 13.2. The lowest BCUT2D eigenvalue weighted by atomic mass is 9.92. The van der Waals surface area contributed by atoms with Crippen LogP contribution in [0.5, 0.6) is 0 Å². The lowest BCUT2D eigenvalue weighted by Crippen LogP contribution is -2.08. The number of aliphatic hydroxyl groups is 1. The van der Waals surface area contributed by atoms with Crippen molar-refractivity contribution >= 4 is 23.2 Å². The fraction of sp³-hybridized carbons (Fsp3) is 0.200. The minimum Gasteiger partial charge on any atom is -0.396 e. The quantitative estimate of drug-likeness (QED) is 0.884. The van der Waals surface area contributed by atoms with Crippen molar-refractivity contribution in [1.82, 2.24) is 0 Å². The molecule has 0 aliphatic rings. The van der Waals surface area contributed by atoms with Crippen LogP contribution in [-0.2, 0) is 6.42 Å². The molecule has 1 unspecified atom stereocenters. The van der Waals surface area contributed by atoms with Crippen molar-refractivity contribution in [3.63, 3.8) is 0 Å². The summed E-state index contributed by atoms with van der Waals surface area (Å²) in [6.45, 7) is -0.0671. The molecule has 0 aliphatic heterocycles. The molecular formula is C15H13Cl2FO. The summed E-state index contributed by atoms with van der Waals surface area (Å²) in [5.74, 6) is -0.493. The molecule has 2 aromatic rings. The van der Waals surface area contributed by atoms with Gasteiger partial charge in [-0.3, -0.25) is 0 Å². The summed E-state index contributed by atoms with van der Waals surface area (Å²) in [6, 6.07) is 11.5. The predicted octanol–water partition coefficient (Wildman–Crippen LogP) is 4.45. The van der Waals surface area contributed by atoms with E-state index in [4.69, 9.17) is 23.2 Å². The van der Waals surface area contributed by atoms with Gasteiger partial charge in [-0.15, -0.1) is 0 Å². The molecule has 0 radical (unpaired) electrons. The third-order valence-electron chi connectivity index (χ3n) is 3.02. The highest BCUT2D eigenvalue weighted by Gasteiger charge is 2.14. The van der Waals surface area contributed by atoms with Gasteiger partial charge < -0.3 is 5.11 Å². The minimum absolute atomic E-state index is 0.0671. The van der Waals surface area contributed by atoms with Crippen LogP contribution in [0.1, 0.15) is 17.0 Å². The van der Waals surface area contributed by atoms with Crippen molar-refractivity contribution in [3.8, 4) is 0 Å². The lowest BCUT2D eigenvalue weighted by molar-refractivity contribution is 0.264. The van der Waals surface area contributed by atoms with Crippen molar-refractivity contribution in [1.29, 1.82) is 0 Å². The molecule has 0 aromatic heterocycles. The van der Waals surface area contributed by atoms with Gasteiger partial charge in [0.05, 0.1) is 6.61 Å². The van der Waals surface area contributed by atoms with Crippen LogP contribution in [0.3, 0.4) is 0 Å². The largest absolute Gasteiger partial charge is 0.396 e. The van der Waals surface area contributed by atoms with Gasteiger partial charge in [0.2, 0.25) is 0 Å². The van der Waals surface area contributed by atoms with E-state index in [0.29, 0.717) is 16.5 Å². The van der Waals surface area contributed by atoms with Gasteiger partial charge in [0.25, 0.3) is 0 Å². The fourth-order valence-electron chi connectivity index (χ4n) is 2.00. The Morgan fingerprint density at radius 1 is 1.11 bits per heavy atom. The monoisotopic (exact) mass is 298 g/mol. The summed E-state index contributed by atoms with van der Waals surface area (Å²) in [7, 11) is 0. The standard InChI is InChI=1S/C15H13Cl2FO/c16-13-5-4-11(15(17)8-13)6-12(9-19)10-2-1-3-14(18)7-10/h1-5,7-8,12,19H,6,9H2. The number of rotatable bonds is 4. The summed E-state index contributed by atoms with van der Waals surface area (Å²) in [5, 5.41) is 10.6. The van der Waals surface area contributed by atoms with Gasteiger partial charge in [-0.25, -0.2) is 4.39 Å². The Kier molecular flexibility index (Phi) is 4.81. The maximum Gasteiger partial charge on any atom is 0.123 e. The number of hydrogen-bond acceptors (Lipinski definition) is 1. The van der Waals surface area contributed by atoms with Crippen LogP contribution >= 0.6 is 23.2 Å². The average Bonchev–Trinajstić information content (AvgIpc) is 2.38. The summed E-state index contributed by atoms with van der Waals surface area (Å²) in [6.07, 6.45) is 0.538. The Labute approximate surface area is 121 Å². The maximum atomic E-state index is 13.2. The van der Waals surface area contributed by atoms with Gasteiger partial charge in [-0.2, -0.15) is 0 Å². The Bertz CT molecular complexity index is 572. The van der Waals surface area contributed by atoms with E-state index in [2.05, 4.69) is 0 Å². The molecule has 4 heteroatoms. The van der Waals surface area contributed by atoms with Crippen molar-refractivity contribution < 1.29 is 9.50 Å². The first kappa shape index (κ1) is 14.3. The highest BCUT2D eigenvalue weighted by atomic mass is 35.5. The van der Waals surface area contributed by atoms with Gasteiger partial charge in [0.15, 0.2) is 0 Å². The van der Waals surface area contributed by atoms with E-state index in [1.807, 2.05) is 6.07 Å². The number of hydrogen-bond donors (Lipinski definition) is 1. The molecule has 2 rings (SSSR count). The molecule has 19 heavy (non-hydrogen) atoms. The Hall–Kier alpha value is -1.09. The lowest BCUT2D eigenvalue weighted by Gasteiger charge is -2.16. The summed E-state index contributed by atoms with van der Waals surface area (Å²) in [5.41, 5.74) is 1.64. The van der Waals surface area contributed by atoms with Crippen LogP contribution < -0.4 is 0 Å². The van der Waals surface area contributed by atoms with Gasteiger partial charge >= 0.3 is 0 Å². The second-order valence-corrected chi connectivity index (χ2v) is 5.22. The van der Waals surface area contributed by atoms with Crippen molar-refractivity contribution in [2.24, 2.45) is 0 Å². The Morgan fingerprint density at radius 2 is 1.89 bits per heavy atom. The van der Waals surface area contributed by atoms with Crippen molar-refractivity contribution in [3.05, 3.63) is 69.5 Å². The van der Waals surface area contributed by atoms with E-state index < -0.39 is 0 Å². The first-order valence-corrected chi connectivity index (χ1v) is 6.66. The smallest absolute Gasteiger partial charge is 0.123 e. The molecule has 0 heterocycles. The van der Waals surface area contributed by atoms with Crippen LogP contribution in [0.2, 0.25) is 10.0 Å². The van der Waals surface area contributed by atoms with Crippen LogP contribution in [0.4, 0.5) is 4.39 Å². The second-order valence-electron chi connectivity index (χ2n) is 4.37. The van der Waals surface area contributed by atoms with Crippen LogP contribution in [0.25, 0.3) is 0 Å². The highest BCUT2D eigenvalue weighted by Crippen LogP contribution is 2.27. The van der Waals surface area contributed by atoms with Gasteiger partial charge in [0.1, 0.15) is 5.82 Å². The van der Waals surface area contributed by atoms with Crippen LogP contribution in [-0.4, -0.2) is 11.7 Å². The van der Waals surface area contributed by atoms with Gasteiger partial charge in [-0.05, 0) is 41.8 Å². The van der Waals surface area contributed by atoms with Crippen LogP contribution in [0, 0.1) is 5.82 Å². The molecule has 0 aliphatic carbocycles. The van der Waals surface area contributed by atoms with E-state index in [1.54, 1.807) is 24.3 Å². The Balaban J connectivity index is 2.24. The molecule has 1 nitrogen and oxygen atoms in total. The number of aliphatic hydroxyl groups excluding tert-OH is 1. The predicted molar refractivity (Wildman–Crippen MR) is 76.4 cm³/mol. The minimum atomic E-state index is -0.307.